The summed E-state index contributed by atoms with van der Waals surface area (Å²) in [5.41, 5.74) is 2.49. The first-order valence-electron chi connectivity index (χ1n) is 1.88. The summed E-state index contributed by atoms with van der Waals surface area (Å²) >= 11 is 0. The van der Waals surface area contributed by atoms with Gasteiger partial charge in [-0.05, 0) is 12.5 Å². The number of rotatable bonds is 2. The van der Waals surface area contributed by atoms with Gasteiger partial charge in [0.2, 0.25) is 0 Å². The average molecular weight is 100 g/mol. The molecular formula is C4H8N2O. The zero-order valence-electron chi connectivity index (χ0n) is 4.10. The first kappa shape index (κ1) is 6.17. The Morgan fingerprint density at radius 3 is 2.57 bits per heavy atom. The van der Waals surface area contributed by atoms with Crippen LogP contribution >= 0.6 is 0 Å². The lowest BCUT2D eigenvalue weighted by Crippen LogP contribution is -1.95. The monoisotopic (exact) mass is 100 g/mol. The van der Waals surface area contributed by atoms with E-state index in [2.05, 4.69) is 0 Å². The molecule has 0 bridgehead atoms. The van der Waals surface area contributed by atoms with Gasteiger partial charge in [0.25, 0.3) is 0 Å². The zero-order valence-corrected chi connectivity index (χ0v) is 4.10. The lowest BCUT2D eigenvalue weighted by molar-refractivity contribution is 0.214. The molecule has 0 saturated carbocycles. The van der Waals surface area contributed by atoms with E-state index in [1.807, 2.05) is 0 Å². The second-order valence-electron chi connectivity index (χ2n) is 1.16. The maximum atomic E-state index is 7.94. The molecule has 0 aromatic heterocycles. The van der Waals surface area contributed by atoms with Crippen molar-refractivity contribution in [2.45, 2.75) is 6.92 Å². The van der Waals surface area contributed by atoms with Gasteiger partial charge in [0.05, 0.1) is 0 Å². The normalized spacial score (nSPS) is 10.9. The van der Waals surface area contributed by atoms with Crippen molar-refractivity contribution in [3.63, 3.8) is 0 Å². The molecule has 0 heterocycles. The highest BCUT2D eigenvalue weighted by molar-refractivity contribution is 5.74. The third-order valence-corrected chi connectivity index (χ3v) is 0.520. The molecule has 0 aromatic rings. The highest BCUT2D eigenvalue weighted by Gasteiger charge is 1.73. The van der Waals surface area contributed by atoms with Gasteiger partial charge in [-0.15, -0.1) is 0 Å². The van der Waals surface area contributed by atoms with Crippen molar-refractivity contribution < 1.29 is 5.21 Å². The Balaban J connectivity index is 3.49. The molecule has 0 atom stereocenters. The smallest absolute Gasteiger partial charge is 0.0284 e. The first-order chi connectivity index (χ1) is 3.31. The van der Waals surface area contributed by atoms with Gasteiger partial charge in [0.1, 0.15) is 0 Å². The van der Waals surface area contributed by atoms with Crippen LogP contribution in [-0.2, 0) is 0 Å². The van der Waals surface area contributed by atoms with Crippen molar-refractivity contribution in [3.05, 3.63) is 11.8 Å². The summed E-state index contributed by atoms with van der Waals surface area (Å²) in [7, 11) is 0. The molecule has 0 aliphatic heterocycles. The van der Waals surface area contributed by atoms with Gasteiger partial charge in [-0.25, -0.2) is 0 Å². The van der Waals surface area contributed by atoms with E-state index in [4.69, 9.17) is 10.6 Å². The second-order valence-corrected chi connectivity index (χ2v) is 1.16. The maximum absolute atomic E-state index is 7.94. The molecule has 0 aromatic carbocycles. The van der Waals surface area contributed by atoms with Crippen molar-refractivity contribution in [1.82, 2.24) is 5.48 Å². The Bertz CT molecular complexity index is 87.7. The number of hydroxylamine groups is 1. The van der Waals surface area contributed by atoms with Crippen molar-refractivity contribution in [2.24, 2.45) is 0 Å². The van der Waals surface area contributed by atoms with Crippen LogP contribution in [0.15, 0.2) is 11.8 Å². The van der Waals surface area contributed by atoms with Crippen molar-refractivity contribution in [1.29, 1.82) is 5.41 Å². The first-order valence-corrected chi connectivity index (χ1v) is 1.88. The fourth-order valence-corrected chi connectivity index (χ4v) is 0.143. The minimum absolute atomic E-state index is 0.683. The van der Waals surface area contributed by atoms with Gasteiger partial charge in [0.15, 0.2) is 0 Å². The van der Waals surface area contributed by atoms with Crippen LogP contribution in [0.1, 0.15) is 6.92 Å². The summed E-state index contributed by atoms with van der Waals surface area (Å²) < 4.78 is 0. The minimum atomic E-state index is 0.683. The largest absolute Gasteiger partial charge is 0.308 e. The van der Waals surface area contributed by atoms with Gasteiger partial charge in [-0.1, -0.05) is 0 Å². The van der Waals surface area contributed by atoms with Crippen LogP contribution in [0.2, 0.25) is 0 Å². The van der Waals surface area contributed by atoms with E-state index < -0.39 is 0 Å². The molecule has 0 unspecified atom stereocenters. The highest BCUT2D eigenvalue weighted by Crippen LogP contribution is 1.78. The maximum Gasteiger partial charge on any atom is 0.0284 e. The average Bonchev–Trinajstić information content (AvgIpc) is 1.68. The summed E-state index contributed by atoms with van der Waals surface area (Å²) in [6.07, 6.45) is 2.47. The van der Waals surface area contributed by atoms with Crippen molar-refractivity contribution in [3.8, 4) is 0 Å². The van der Waals surface area contributed by atoms with Gasteiger partial charge in [0, 0.05) is 12.4 Å². The molecule has 0 aliphatic carbocycles. The van der Waals surface area contributed by atoms with Crippen LogP contribution in [0.3, 0.4) is 0 Å². The van der Waals surface area contributed by atoms with Crippen molar-refractivity contribution in [2.75, 3.05) is 0 Å². The van der Waals surface area contributed by atoms with Gasteiger partial charge < -0.3 is 5.41 Å². The van der Waals surface area contributed by atoms with Crippen LogP contribution in [0.4, 0.5) is 0 Å². The third-order valence-electron chi connectivity index (χ3n) is 0.520. The molecule has 0 radical (unpaired) electrons. The molecule has 40 valence electrons. The number of nitrogens with one attached hydrogen (secondary N) is 2. The highest BCUT2D eigenvalue weighted by atomic mass is 16.5. The van der Waals surface area contributed by atoms with E-state index in [0.29, 0.717) is 5.57 Å². The molecule has 0 saturated heterocycles. The van der Waals surface area contributed by atoms with Crippen LogP contribution in [0.5, 0.6) is 0 Å². The summed E-state index contributed by atoms with van der Waals surface area (Å²) in [5, 5.41) is 14.5. The number of allylic oxidation sites excluding steroid dienone is 1. The van der Waals surface area contributed by atoms with E-state index >= 15 is 0 Å². The Morgan fingerprint density at radius 1 is 1.86 bits per heavy atom. The van der Waals surface area contributed by atoms with Crippen LogP contribution in [0, 0.1) is 5.41 Å². The van der Waals surface area contributed by atoms with E-state index in [-0.39, 0.29) is 0 Å². The van der Waals surface area contributed by atoms with E-state index in [1.165, 1.54) is 6.20 Å². The Hall–Kier alpha value is -0.830. The quantitative estimate of drug-likeness (QED) is 0.350. The summed E-state index contributed by atoms with van der Waals surface area (Å²) in [4.78, 5) is 0. The third kappa shape index (κ3) is 2.99. The van der Waals surface area contributed by atoms with Crippen molar-refractivity contribution >= 4 is 6.21 Å². The van der Waals surface area contributed by atoms with E-state index in [0.717, 1.165) is 6.21 Å². The predicted molar refractivity (Wildman–Crippen MR) is 27.5 cm³/mol. The molecule has 3 heteroatoms. The van der Waals surface area contributed by atoms with Crippen LogP contribution in [-0.4, -0.2) is 11.4 Å². The molecule has 0 amide bonds. The number of hydrogen-bond acceptors (Lipinski definition) is 3. The Labute approximate surface area is 42.1 Å². The fourth-order valence-electron chi connectivity index (χ4n) is 0.143. The van der Waals surface area contributed by atoms with Crippen LogP contribution < -0.4 is 5.48 Å². The molecular weight excluding hydrogens is 92.1 g/mol. The van der Waals surface area contributed by atoms with Crippen LogP contribution in [0.25, 0.3) is 0 Å². The zero-order chi connectivity index (χ0) is 5.70. The topological polar surface area (TPSA) is 56.1 Å². The summed E-state index contributed by atoms with van der Waals surface area (Å²) in [6, 6.07) is 0. The lowest BCUT2D eigenvalue weighted by Gasteiger charge is -1.85. The molecule has 7 heavy (non-hydrogen) atoms. The molecule has 0 spiro atoms. The number of hydrogen-bond donors (Lipinski definition) is 3. The Kier molecular flexibility index (Phi) is 2.96. The van der Waals surface area contributed by atoms with E-state index in [9.17, 15) is 0 Å². The SMILES string of the molecule is C/C(C=N)=C/NO. The molecule has 0 rings (SSSR count). The Morgan fingerprint density at radius 2 is 2.43 bits per heavy atom. The molecule has 0 aliphatic rings. The standard InChI is InChI=1S/C4H8N2O/c1-4(2-5)3-6-7/h2-3,5-7H,1H3/b4-3-,5-2?. The summed E-state index contributed by atoms with van der Waals surface area (Å²) in [6.45, 7) is 1.70. The molecule has 3 N–H and O–H groups in total. The second kappa shape index (κ2) is 3.36. The minimum Gasteiger partial charge on any atom is -0.308 e. The van der Waals surface area contributed by atoms with E-state index in [1.54, 1.807) is 12.4 Å². The molecule has 3 nitrogen and oxygen atoms in total. The predicted octanol–water partition coefficient (Wildman–Crippen LogP) is 0.519. The molecule has 0 fully saturated rings. The fraction of sp³-hybridized carbons (Fsp3) is 0.250. The summed E-state index contributed by atoms with van der Waals surface area (Å²) in [5.74, 6) is 0. The van der Waals surface area contributed by atoms with Gasteiger partial charge in [-0.2, -0.15) is 0 Å². The van der Waals surface area contributed by atoms with Gasteiger partial charge in [-0.3, -0.25) is 10.7 Å². The van der Waals surface area contributed by atoms with Gasteiger partial charge >= 0.3 is 0 Å². The lowest BCUT2D eigenvalue weighted by atomic mass is 10.4.